The van der Waals surface area contributed by atoms with Crippen LogP contribution in [0.3, 0.4) is 0 Å². The summed E-state index contributed by atoms with van der Waals surface area (Å²) in [4.78, 5) is 26.6. The van der Waals surface area contributed by atoms with Gasteiger partial charge in [-0.2, -0.15) is 9.97 Å². The number of nitrogens with zero attached hydrogens (tertiary/aromatic N) is 4. The normalized spacial score (nSPS) is 14.0. The standard InChI is InChI=1S/C22H21ClFN7O2S/c1-11(27-19-17(23)18(25)29-22(26)30-19)20-28-14-8-5-9-15(34(2,3)33)16(14)21(32)31(20)13-7-4-6-12(24)10-13/h4-11H,2H2,1,3H3,(H5,25,26,27,29,30). The number of benzene rings is 2. The average Bonchev–Trinajstić information content (AvgIpc) is 2.75. The molecule has 0 amide bonds. The summed E-state index contributed by atoms with van der Waals surface area (Å²) in [6.45, 7) is 1.71. The number of rotatable bonds is 5. The van der Waals surface area contributed by atoms with Crippen molar-refractivity contribution in [1.29, 1.82) is 0 Å². The number of nitrogen functional groups attached to an aromatic ring is 2. The summed E-state index contributed by atoms with van der Waals surface area (Å²) >= 11 is 6.23. The van der Waals surface area contributed by atoms with E-state index in [1.165, 1.54) is 29.0 Å². The van der Waals surface area contributed by atoms with E-state index in [9.17, 15) is 13.4 Å². The first-order valence-electron chi connectivity index (χ1n) is 9.96. The molecule has 4 rings (SSSR count). The van der Waals surface area contributed by atoms with Gasteiger partial charge in [-0.1, -0.05) is 23.7 Å². The fraction of sp³-hybridized carbons (Fsp3) is 0.136. The van der Waals surface area contributed by atoms with Crippen molar-refractivity contribution in [3.8, 4) is 5.69 Å². The Labute approximate surface area is 199 Å². The first-order valence-corrected chi connectivity index (χ1v) is 12.5. The molecule has 2 atom stereocenters. The van der Waals surface area contributed by atoms with Gasteiger partial charge in [0.15, 0.2) is 5.82 Å². The van der Waals surface area contributed by atoms with E-state index >= 15 is 0 Å². The van der Waals surface area contributed by atoms with Gasteiger partial charge in [0.05, 0.1) is 22.6 Å². The number of nitrogens with two attached hydrogens (primary N) is 2. The summed E-state index contributed by atoms with van der Waals surface area (Å²) in [5.74, 6) is 3.42. The SMILES string of the molecule is C=S(C)(=O)c1cccc2nc(C(C)Nc3nc(N)nc(N)c3Cl)n(-c3cccc(F)c3)c(=O)c12. The predicted molar refractivity (Wildman–Crippen MR) is 135 cm³/mol. The Bertz CT molecular complexity index is 1610. The predicted octanol–water partition coefficient (Wildman–Crippen LogP) is 3.01. The second kappa shape index (κ2) is 8.58. The summed E-state index contributed by atoms with van der Waals surface area (Å²) in [5, 5.41) is 3.23. The average molecular weight is 502 g/mol. The maximum absolute atomic E-state index is 14.1. The Morgan fingerprint density at radius 1 is 1.18 bits per heavy atom. The van der Waals surface area contributed by atoms with Crippen LogP contribution in [0.5, 0.6) is 0 Å². The van der Waals surface area contributed by atoms with E-state index in [4.69, 9.17) is 23.1 Å². The van der Waals surface area contributed by atoms with Crippen LogP contribution in [0.2, 0.25) is 5.02 Å². The summed E-state index contributed by atoms with van der Waals surface area (Å²) in [6.07, 6.45) is 1.44. The topological polar surface area (TPSA) is 142 Å². The summed E-state index contributed by atoms with van der Waals surface area (Å²) in [5.41, 5.74) is 11.5. The first-order chi connectivity index (χ1) is 16.0. The zero-order valence-electron chi connectivity index (χ0n) is 18.3. The molecule has 0 radical (unpaired) electrons. The molecule has 4 aromatic rings. The monoisotopic (exact) mass is 501 g/mol. The second-order valence-corrected chi connectivity index (χ2v) is 10.6. The highest BCUT2D eigenvalue weighted by molar-refractivity contribution is 7.99. The molecule has 0 aliphatic rings. The first kappa shape index (κ1) is 23.5. The lowest BCUT2D eigenvalue weighted by molar-refractivity contribution is 0.624. The van der Waals surface area contributed by atoms with Gasteiger partial charge in [-0.3, -0.25) is 13.6 Å². The Morgan fingerprint density at radius 3 is 2.56 bits per heavy atom. The summed E-state index contributed by atoms with van der Waals surface area (Å²) in [6, 6.07) is 9.68. The van der Waals surface area contributed by atoms with Gasteiger partial charge in [-0.25, -0.2) is 9.37 Å². The molecule has 0 fully saturated rings. The number of anilines is 3. The van der Waals surface area contributed by atoms with Crippen LogP contribution in [0.4, 0.5) is 22.0 Å². The molecule has 34 heavy (non-hydrogen) atoms. The van der Waals surface area contributed by atoms with E-state index in [0.717, 1.165) is 0 Å². The van der Waals surface area contributed by atoms with Crippen LogP contribution in [-0.2, 0) is 9.52 Å². The molecule has 9 nitrogen and oxygen atoms in total. The minimum absolute atomic E-state index is 0.0179. The number of nitrogens with one attached hydrogen (secondary N) is 1. The van der Waals surface area contributed by atoms with E-state index in [2.05, 4.69) is 26.1 Å². The highest BCUT2D eigenvalue weighted by Gasteiger charge is 2.22. The molecular formula is C22H21ClFN7O2S. The van der Waals surface area contributed by atoms with Gasteiger partial charge in [-0.15, -0.1) is 0 Å². The summed E-state index contributed by atoms with van der Waals surface area (Å²) in [7, 11) is -2.76. The van der Waals surface area contributed by atoms with Crippen molar-refractivity contribution in [3.05, 3.63) is 69.5 Å². The van der Waals surface area contributed by atoms with Crippen molar-refractivity contribution < 1.29 is 8.60 Å². The van der Waals surface area contributed by atoms with Crippen LogP contribution < -0.4 is 22.3 Å². The van der Waals surface area contributed by atoms with Gasteiger partial charge >= 0.3 is 0 Å². The Balaban J connectivity index is 2.01. The van der Waals surface area contributed by atoms with Crippen molar-refractivity contribution in [2.75, 3.05) is 23.0 Å². The molecule has 0 aliphatic carbocycles. The van der Waals surface area contributed by atoms with Gasteiger partial charge < -0.3 is 16.8 Å². The number of halogens is 2. The molecule has 2 aromatic heterocycles. The van der Waals surface area contributed by atoms with Crippen LogP contribution in [0.25, 0.3) is 16.6 Å². The molecule has 5 N–H and O–H groups in total. The highest BCUT2D eigenvalue weighted by atomic mass is 35.5. The van der Waals surface area contributed by atoms with E-state index in [0.29, 0.717) is 5.52 Å². The van der Waals surface area contributed by atoms with Gasteiger partial charge in [0, 0.05) is 11.2 Å². The number of aromatic nitrogens is 4. The fourth-order valence-corrected chi connectivity index (χ4v) is 4.71. The van der Waals surface area contributed by atoms with Gasteiger partial charge in [0.25, 0.3) is 5.56 Å². The molecule has 0 bridgehead atoms. The van der Waals surface area contributed by atoms with Gasteiger partial charge in [0.2, 0.25) is 5.95 Å². The largest absolute Gasteiger partial charge is 0.382 e. The van der Waals surface area contributed by atoms with E-state index < -0.39 is 26.9 Å². The quantitative estimate of drug-likeness (QED) is 0.354. The maximum atomic E-state index is 14.1. The molecule has 0 saturated heterocycles. The lowest BCUT2D eigenvalue weighted by atomic mass is 10.2. The van der Waals surface area contributed by atoms with Crippen LogP contribution in [0, 0.1) is 5.82 Å². The lowest BCUT2D eigenvalue weighted by Crippen LogP contribution is -2.28. The van der Waals surface area contributed by atoms with Gasteiger partial charge in [0.1, 0.15) is 22.5 Å². The minimum atomic E-state index is -2.76. The van der Waals surface area contributed by atoms with Crippen LogP contribution in [0.15, 0.2) is 52.2 Å². The summed E-state index contributed by atoms with van der Waals surface area (Å²) < 4.78 is 28.2. The number of fused-ring (bicyclic) bond motifs is 1. The molecule has 2 aromatic carbocycles. The third-order valence-corrected chi connectivity index (χ3v) is 6.69. The van der Waals surface area contributed by atoms with Crippen LogP contribution >= 0.6 is 11.6 Å². The minimum Gasteiger partial charge on any atom is -0.382 e. The van der Waals surface area contributed by atoms with E-state index in [1.807, 2.05) is 0 Å². The zero-order chi connectivity index (χ0) is 24.8. The number of hydrogen-bond acceptors (Lipinski definition) is 8. The molecule has 2 heterocycles. The number of hydrogen-bond donors (Lipinski definition) is 3. The molecule has 12 heteroatoms. The van der Waals surface area contributed by atoms with Crippen LogP contribution in [0.1, 0.15) is 18.8 Å². The molecule has 0 spiro atoms. The molecular weight excluding hydrogens is 481 g/mol. The smallest absolute Gasteiger partial charge is 0.267 e. The Hall–Kier alpha value is -3.70. The second-order valence-electron chi connectivity index (χ2n) is 7.74. The van der Waals surface area contributed by atoms with Crippen molar-refractivity contribution in [1.82, 2.24) is 19.5 Å². The van der Waals surface area contributed by atoms with Crippen molar-refractivity contribution in [3.63, 3.8) is 0 Å². The van der Waals surface area contributed by atoms with Crippen LogP contribution in [-0.4, -0.2) is 35.9 Å². The Kier molecular flexibility index (Phi) is 5.92. The maximum Gasteiger partial charge on any atom is 0.267 e. The van der Waals surface area contributed by atoms with Gasteiger partial charge in [-0.05, 0) is 52.6 Å². The highest BCUT2D eigenvalue weighted by Crippen LogP contribution is 2.30. The molecule has 176 valence electrons. The lowest BCUT2D eigenvalue weighted by Gasteiger charge is -2.21. The molecule has 0 saturated carbocycles. The molecule has 0 aliphatic heterocycles. The van der Waals surface area contributed by atoms with Crippen molar-refractivity contribution in [2.24, 2.45) is 0 Å². The van der Waals surface area contributed by atoms with E-state index in [-0.39, 0.29) is 44.4 Å². The fourth-order valence-electron chi connectivity index (χ4n) is 3.58. The zero-order valence-corrected chi connectivity index (χ0v) is 19.8. The molecule has 2 unspecified atom stereocenters. The third kappa shape index (κ3) is 4.27. The van der Waals surface area contributed by atoms with Crippen molar-refractivity contribution in [2.45, 2.75) is 17.9 Å². The van der Waals surface area contributed by atoms with Crippen molar-refractivity contribution >= 4 is 55.5 Å². The third-order valence-electron chi connectivity index (χ3n) is 5.05. The Morgan fingerprint density at radius 2 is 1.88 bits per heavy atom. The van der Waals surface area contributed by atoms with E-state index in [1.54, 1.807) is 31.2 Å².